The van der Waals surface area contributed by atoms with Gasteiger partial charge in [0.05, 0.1) is 31.1 Å². The molecule has 0 spiro atoms. The third-order valence-corrected chi connectivity index (χ3v) is 13.6. The summed E-state index contributed by atoms with van der Waals surface area (Å²) in [6, 6.07) is 13.2. The molecular weight excluding hydrogens is 787 g/mol. The molecule has 3 heterocycles. The van der Waals surface area contributed by atoms with E-state index >= 15 is 0 Å². The Labute approximate surface area is 358 Å². The molecule has 4 fully saturated rings. The Bertz CT molecular complexity index is 1970. The maximum Gasteiger partial charge on any atom is 0.408 e. The summed E-state index contributed by atoms with van der Waals surface area (Å²) >= 11 is 0. The van der Waals surface area contributed by atoms with Gasteiger partial charge in [0.1, 0.15) is 35.6 Å². The monoisotopic (exact) mass is 849 g/mol. The maximum atomic E-state index is 14.4. The van der Waals surface area contributed by atoms with E-state index in [0.29, 0.717) is 30.5 Å². The number of carbonyl (C=O) groups is 3. The molecule has 3 N–H and O–H groups in total. The van der Waals surface area contributed by atoms with Crippen LogP contribution in [0.15, 0.2) is 65.9 Å². The molecule has 5 aliphatic rings. The number of pyridine rings is 1. The van der Waals surface area contributed by atoms with Crippen molar-refractivity contribution >= 4 is 18.0 Å². The lowest BCUT2D eigenvalue weighted by atomic mass is 9.45. The lowest BCUT2D eigenvalue weighted by molar-refractivity contribution is -0.352. The van der Waals surface area contributed by atoms with Crippen molar-refractivity contribution in [2.24, 2.45) is 16.7 Å². The molecule has 15 nitrogen and oxygen atoms in total. The molecule has 3 aliphatic carbocycles. The molecule has 7 rings (SSSR count). The number of carbonyl (C=O) groups excluding carboxylic acids is 3. The molecule has 334 valence electrons. The van der Waals surface area contributed by atoms with E-state index < -0.39 is 101 Å². The number of fused-ring (bicyclic) bond motifs is 8. The number of ether oxygens (including phenoxy) is 7. The van der Waals surface area contributed by atoms with Crippen LogP contribution in [0.3, 0.4) is 0 Å². The lowest BCUT2D eigenvalue weighted by Gasteiger charge is -2.68. The largest absolute Gasteiger partial charge is 0.456 e. The third-order valence-electron chi connectivity index (χ3n) is 13.6. The highest BCUT2D eigenvalue weighted by atomic mass is 16.7. The Kier molecular flexibility index (Phi) is 12.3. The standard InChI is InChI=1S/C46H63N3O12/c1-26-30(57-40(52)35(51)34(29-18-14-15-21-47-29)48-41(53)61-42(3,4)5)22-46(54)39(55-24-28-16-12-11-13-17-28)37-44(8,20-19-31-45(37,25-56-31)60-27(2)50)38-36(33(26)43(46,6)7)58-32(59-38)23-49(9)10/h11-18,21,30-32,34-39,51,54H,19-20,22-25H2,1-10H3,(H,48,53)/t30-,31+,32+,34-,35+,36+,37-,38+,39-,44+,45-,46+/m0/s1. The Hall–Kier alpha value is -3.96. The van der Waals surface area contributed by atoms with E-state index in [2.05, 4.69) is 17.2 Å². The van der Waals surface area contributed by atoms with Gasteiger partial charge < -0.3 is 53.6 Å². The van der Waals surface area contributed by atoms with Crippen LogP contribution >= 0.6 is 0 Å². The first-order chi connectivity index (χ1) is 28.6. The number of nitrogens with one attached hydrogen (secondary N) is 1. The van der Waals surface area contributed by atoms with Crippen LogP contribution in [0.25, 0.3) is 0 Å². The SMILES string of the molecule is CC(=O)O[C@@]12CO[C@@H]1CC[C@@]1(C)[C@@H]3O[C@H](CN(C)C)O[C@@H]3C3=C(C)[C@@H](OC(=O)[C@H](O)[C@@H](NC(=O)OC(C)(C)C)c4ccccn4)C[C@@](O)([C@@H](OCc4ccccc4)[C@@H]12)C3(C)C. The van der Waals surface area contributed by atoms with E-state index in [0.717, 1.165) is 5.56 Å². The van der Waals surface area contributed by atoms with Crippen LogP contribution in [0.4, 0.5) is 4.79 Å². The van der Waals surface area contributed by atoms with Gasteiger partial charge in [-0.25, -0.2) is 9.59 Å². The predicted molar refractivity (Wildman–Crippen MR) is 220 cm³/mol. The molecule has 2 saturated heterocycles. The first kappa shape index (κ1) is 45.1. The first-order valence-electron chi connectivity index (χ1n) is 21.3. The number of alkyl carbamates (subject to hydrolysis) is 1. The summed E-state index contributed by atoms with van der Waals surface area (Å²) in [5.74, 6) is -2.25. The van der Waals surface area contributed by atoms with Crippen LogP contribution < -0.4 is 5.32 Å². The molecular formula is C46H63N3O12. The van der Waals surface area contributed by atoms with Gasteiger partial charge in [-0.05, 0) is 83.5 Å². The molecule has 1 aromatic carbocycles. The van der Waals surface area contributed by atoms with Gasteiger partial charge in [0.2, 0.25) is 0 Å². The second-order valence-corrected chi connectivity index (χ2v) is 19.5. The number of aliphatic hydroxyl groups is 2. The number of hydrogen-bond acceptors (Lipinski definition) is 14. The molecule has 2 bridgehead atoms. The number of aliphatic hydroxyl groups excluding tert-OH is 1. The normalized spacial score (nSPS) is 34.9. The summed E-state index contributed by atoms with van der Waals surface area (Å²) in [6.07, 6.45) is -4.99. The number of rotatable bonds is 11. The summed E-state index contributed by atoms with van der Waals surface area (Å²) in [5, 5.41) is 28.3. The van der Waals surface area contributed by atoms with Crippen molar-refractivity contribution in [1.82, 2.24) is 15.2 Å². The topological polar surface area (TPSA) is 184 Å². The minimum absolute atomic E-state index is 0.0878. The summed E-state index contributed by atoms with van der Waals surface area (Å²) in [6.45, 7) is 15.0. The highest BCUT2D eigenvalue weighted by Crippen LogP contribution is 2.66. The highest BCUT2D eigenvalue weighted by Gasteiger charge is 2.76. The molecule has 0 unspecified atom stereocenters. The Morgan fingerprint density at radius 2 is 1.75 bits per heavy atom. The average molecular weight is 850 g/mol. The van der Waals surface area contributed by atoms with E-state index in [1.807, 2.05) is 70.1 Å². The van der Waals surface area contributed by atoms with E-state index in [1.165, 1.54) is 13.1 Å². The van der Waals surface area contributed by atoms with Crippen LogP contribution in [0.5, 0.6) is 0 Å². The van der Waals surface area contributed by atoms with Gasteiger partial charge in [0, 0.05) is 42.8 Å². The molecule has 12 atom stereocenters. The second-order valence-electron chi connectivity index (χ2n) is 19.5. The minimum Gasteiger partial charge on any atom is -0.456 e. The minimum atomic E-state index is -1.94. The first-order valence-corrected chi connectivity index (χ1v) is 21.3. The number of esters is 2. The van der Waals surface area contributed by atoms with Crippen molar-refractivity contribution in [2.75, 3.05) is 27.2 Å². The van der Waals surface area contributed by atoms with Gasteiger partial charge in [0.15, 0.2) is 18.0 Å². The van der Waals surface area contributed by atoms with Crippen LogP contribution in [-0.2, 0) is 49.4 Å². The van der Waals surface area contributed by atoms with Crippen LogP contribution in [-0.4, -0.2) is 125 Å². The number of nitrogens with zero attached hydrogens (tertiary/aromatic N) is 2. The van der Waals surface area contributed by atoms with E-state index in [9.17, 15) is 24.6 Å². The molecule has 1 aromatic heterocycles. The molecule has 2 aromatic rings. The zero-order valence-corrected chi connectivity index (χ0v) is 37.0. The van der Waals surface area contributed by atoms with Crippen LogP contribution in [0.1, 0.15) is 92.0 Å². The fraction of sp³-hybridized carbons (Fsp3) is 0.652. The van der Waals surface area contributed by atoms with Crippen molar-refractivity contribution in [3.05, 3.63) is 77.1 Å². The summed E-state index contributed by atoms with van der Waals surface area (Å²) < 4.78 is 45.4. The van der Waals surface area contributed by atoms with Crippen molar-refractivity contribution < 1.29 is 57.8 Å². The summed E-state index contributed by atoms with van der Waals surface area (Å²) in [4.78, 5) is 46.9. The summed E-state index contributed by atoms with van der Waals surface area (Å²) in [7, 11) is 3.87. The molecule has 2 saturated carbocycles. The van der Waals surface area contributed by atoms with Crippen molar-refractivity contribution in [3.8, 4) is 0 Å². The number of hydrogen-bond donors (Lipinski definition) is 3. The zero-order chi connectivity index (χ0) is 44.3. The van der Waals surface area contributed by atoms with Gasteiger partial charge in [-0.1, -0.05) is 57.2 Å². The molecule has 0 radical (unpaired) electrons. The van der Waals surface area contributed by atoms with Crippen molar-refractivity contribution in [1.29, 1.82) is 0 Å². The fourth-order valence-electron chi connectivity index (χ4n) is 10.8. The van der Waals surface area contributed by atoms with Gasteiger partial charge in [-0.3, -0.25) is 9.78 Å². The lowest BCUT2D eigenvalue weighted by Crippen LogP contribution is -2.79. The zero-order valence-electron chi connectivity index (χ0n) is 37.0. The van der Waals surface area contributed by atoms with E-state index in [4.69, 9.17) is 33.2 Å². The number of likely N-dealkylation sites (N-methyl/N-ethyl adjacent to an activating group) is 1. The number of aromatic nitrogens is 1. The van der Waals surface area contributed by atoms with Crippen molar-refractivity contribution in [3.63, 3.8) is 0 Å². The highest BCUT2D eigenvalue weighted by molar-refractivity contribution is 5.78. The molecule has 2 aliphatic heterocycles. The number of benzene rings is 1. The predicted octanol–water partition coefficient (Wildman–Crippen LogP) is 4.79. The maximum absolute atomic E-state index is 14.4. The Balaban J connectivity index is 1.36. The smallest absolute Gasteiger partial charge is 0.408 e. The van der Waals surface area contributed by atoms with Gasteiger partial charge in [-0.2, -0.15) is 0 Å². The summed E-state index contributed by atoms with van der Waals surface area (Å²) in [5.41, 5.74) is -3.43. The van der Waals surface area contributed by atoms with Crippen LogP contribution in [0, 0.1) is 16.7 Å². The van der Waals surface area contributed by atoms with Crippen molar-refractivity contribution in [2.45, 2.75) is 147 Å². The third kappa shape index (κ3) is 8.23. The van der Waals surface area contributed by atoms with Gasteiger partial charge in [-0.15, -0.1) is 0 Å². The van der Waals surface area contributed by atoms with Crippen LogP contribution in [0.2, 0.25) is 0 Å². The van der Waals surface area contributed by atoms with Gasteiger partial charge >= 0.3 is 18.0 Å². The molecule has 15 heteroatoms. The van der Waals surface area contributed by atoms with E-state index in [-0.39, 0.29) is 25.3 Å². The Morgan fingerprint density at radius 1 is 1.05 bits per heavy atom. The Morgan fingerprint density at radius 3 is 2.36 bits per heavy atom. The average Bonchev–Trinajstić information content (AvgIpc) is 3.58. The quantitative estimate of drug-likeness (QED) is 0.159. The molecule has 1 amide bonds. The second kappa shape index (κ2) is 16.6. The number of amides is 1. The molecule has 61 heavy (non-hydrogen) atoms. The fourth-order valence-corrected chi connectivity index (χ4v) is 10.8. The van der Waals surface area contributed by atoms with E-state index in [1.54, 1.807) is 39.0 Å². The van der Waals surface area contributed by atoms with Gasteiger partial charge in [0.25, 0.3) is 0 Å².